The van der Waals surface area contributed by atoms with E-state index < -0.39 is 31.6 Å². The lowest BCUT2D eigenvalue weighted by molar-refractivity contribution is -0.151. The number of nitrogens with zero attached hydrogens (tertiary/aromatic N) is 1. The highest BCUT2D eigenvalue weighted by Crippen LogP contribution is 2.45. The second-order valence-corrected chi connectivity index (χ2v) is 9.47. The minimum absolute atomic E-state index is 0.0160. The normalized spacial score (nSPS) is 20.1. The fourth-order valence-corrected chi connectivity index (χ4v) is 4.83. The van der Waals surface area contributed by atoms with Gasteiger partial charge in [0, 0.05) is 6.54 Å². The number of amides is 1. The van der Waals surface area contributed by atoms with Crippen LogP contribution >= 0.6 is 7.60 Å². The molecular formula is C19H37N2O6P. The van der Waals surface area contributed by atoms with Gasteiger partial charge in [0.25, 0.3) is 5.91 Å². The fraction of sp³-hybridized carbons (Fsp3) is 0.895. The lowest BCUT2D eigenvalue weighted by Crippen LogP contribution is -2.46. The SMILES string of the molecule is CCCCCCCCP(=O)(O)OC(CCCCN)C(=O)N1CCC[C@H]1C(=O)O. The zero-order chi connectivity index (χ0) is 21.0. The summed E-state index contributed by atoms with van der Waals surface area (Å²) in [5.41, 5.74) is 5.50. The molecule has 1 amide bonds. The van der Waals surface area contributed by atoms with Crippen LogP contribution in [0.1, 0.15) is 77.6 Å². The van der Waals surface area contributed by atoms with Crippen molar-refractivity contribution in [3.8, 4) is 0 Å². The molecule has 1 aliphatic rings. The van der Waals surface area contributed by atoms with Crippen molar-refractivity contribution in [2.75, 3.05) is 19.3 Å². The van der Waals surface area contributed by atoms with Gasteiger partial charge in [0.15, 0.2) is 0 Å². The molecule has 8 nitrogen and oxygen atoms in total. The number of rotatable bonds is 15. The number of nitrogens with two attached hydrogens (primary N) is 1. The first-order valence-electron chi connectivity index (χ1n) is 10.6. The summed E-state index contributed by atoms with van der Waals surface area (Å²) in [6, 6.07) is -0.884. The van der Waals surface area contributed by atoms with Crippen LogP contribution in [-0.4, -0.2) is 58.2 Å². The van der Waals surface area contributed by atoms with Gasteiger partial charge >= 0.3 is 13.6 Å². The monoisotopic (exact) mass is 420 g/mol. The number of likely N-dealkylation sites (tertiary alicyclic amines) is 1. The summed E-state index contributed by atoms with van der Waals surface area (Å²) in [5, 5.41) is 9.31. The lowest BCUT2D eigenvalue weighted by Gasteiger charge is -2.28. The predicted molar refractivity (Wildman–Crippen MR) is 108 cm³/mol. The Bertz CT molecular complexity index is 531. The molecule has 4 N–H and O–H groups in total. The first-order chi connectivity index (χ1) is 13.3. The molecule has 1 fully saturated rings. The van der Waals surface area contributed by atoms with Gasteiger partial charge in [-0.15, -0.1) is 0 Å². The largest absolute Gasteiger partial charge is 0.480 e. The van der Waals surface area contributed by atoms with Gasteiger partial charge in [-0.3, -0.25) is 13.9 Å². The highest BCUT2D eigenvalue weighted by atomic mass is 31.2. The van der Waals surface area contributed by atoms with Gasteiger partial charge in [-0.05, 0) is 45.1 Å². The Hall–Kier alpha value is -0.950. The van der Waals surface area contributed by atoms with E-state index in [0.717, 1.165) is 32.1 Å². The van der Waals surface area contributed by atoms with E-state index in [1.54, 1.807) is 0 Å². The summed E-state index contributed by atoms with van der Waals surface area (Å²) in [7, 11) is -3.92. The summed E-state index contributed by atoms with van der Waals surface area (Å²) in [4.78, 5) is 35.7. The molecule has 0 aromatic heterocycles. The maximum absolute atomic E-state index is 12.9. The third-order valence-corrected chi connectivity index (χ3v) is 6.57. The molecule has 1 aliphatic heterocycles. The van der Waals surface area contributed by atoms with Crippen molar-refractivity contribution in [3.63, 3.8) is 0 Å². The quantitative estimate of drug-likeness (QED) is 0.274. The molecule has 3 atom stereocenters. The zero-order valence-electron chi connectivity index (χ0n) is 17.1. The van der Waals surface area contributed by atoms with Crippen molar-refractivity contribution in [1.29, 1.82) is 0 Å². The molecule has 0 aromatic rings. The number of carbonyl (C=O) groups is 2. The average molecular weight is 420 g/mol. The van der Waals surface area contributed by atoms with Crippen LogP contribution in [0, 0.1) is 0 Å². The van der Waals surface area contributed by atoms with Crippen LogP contribution in [0.4, 0.5) is 0 Å². The molecule has 1 heterocycles. The number of carbonyl (C=O) groups excluding carboxylic acids is 1. The lowest BCUT2D eigenvalue weighted by atomic mass is 10.1. The Morgan fingerprint density at radius 1 is 1.18 bits per heavy atom. The van der Waals surface area contributed by atoms with E-state index in [-0.39, 0.29) is 12.6 Å². The standard InChI is InChI=1S/C19H37N2O6P/c1-2-3-4-5-6-9-15-28(25,26)27-17(12-7-8-13-20)18(22)21-14-10-11-16(21)19(23)24/h16-17H,2-15,20H2,1H3,(H,23,24)(H,25,26)/t16-,17?/m0/s1. The predicted octanol–water partition coefficient (Wildman–Crippen LogP) is 3.12. The first kappa shape index (κ1) is 25.1. The van der Waals surface area contributed by atoms with Gasteiger partial charge in [-0.25, -0.2) is 4.79 Å². The van der Waals surface area contributed by atoms with Crippen molar-refractivity contribution in [3.05, 3.63) is 0 Å². The van der Waals surface area contributed by atoms with Crippen molar-refractivity contribution < 1.29 is 28.7 Å². The highest BCUT2D eigenvalue weighted by molar-refractivity contribution is 7.52. The topological polar surface area (TPSA) is 130 Å². The second kappa shape index (κ2) is 13.3. The van der Waals surface area contributed by atoms with E-state index in [2.05, 4.69) is 6.92 Å². The molecule has 1 rings (SSSR count). The van der Waals surface area contributed by atoms with Crippen molar-refractivity contribution in [2.24, 2.45) is 5.73 Å². The van der Waals surface area contributed by atoms with Crippen LogP contribution in [0.3, 0.4) is 0 Å². The van der Waals surface area contributed by atoms with Crippen molar-refractivity contribution in [1.82, 2.24) is 4.90 Å². The van der Waals surface area contributed by atoms with Crippen LogP contribution in [-0.2, 0) is 18.7 Å². The average Bonchev–Trinajstić information content (AvgIpc) is 3.13. The van der Waals surface area contributed by atoms with E-state index in [1.165, 1.54) is 4.90 Å². The summed E-state index contributed by atoms with van der Waals surface area (Å²) >= 11 is 0. The number of hydrogen-bond donors (Lipinski definition) is 3. The molecule has 9 heteroatoms. The Kier molecular flexibility index (Phi) is 11.9. The van der Waals surface area contributed by atoms with Crippen LogP contribution < -0.4 is 5.73 Å². The smallest absolute Gasteiger partial charge is 0.328 e. The molecule has 28 heavy (non-hydrogen) atoms. The van der Waals surface area contributed by atoms with Gasteiger partial charge in [0.05, 0.1) is 6.16 Å². The van der Waals surface area contributed by atoms with Crippen LogP contribution in [0.25, 0.3) is 0 Å². The molecule has 164 valence electrons. The fourth-order valence-electron chi connectivity index (χ4n) is 3.51. The minimum atomic E-state index is -3.92. The highest BCUT2D eigenvalue weighted by Gasteiger charge is 2.39. The maximum Gasteiger partial charge on any atom is 0.328 e. The molecular weight excluding hydrogens is 383 g/mol. The van der Waals surface area contributed by atoms with Gasteiger partial charge in [0.1, 0.15) is 12.1 Å². The van der Waals surface area contributed by atoms with E-state index in [1.807, 2.05) is 0 Å². The summed E-state index contributed by atoms with van der Waals surface area (Å²) < 4.78 is 17.9. The van der Waals surface area contributed by atoms with Crippen molar-refractivity contribution in [2.45, 2.75) is 89.7 Å². The van der Waals surface area contributed by atoms with Crippen LogP contribution in [0.5, 0.6) is 0 Å². The van der Waals surface area contributed by atoms with Crippen molar-refractivity contribution >= 4 is 19.5 Å². The van der Waals surface area contributed by atoms with E-state index >= 15 is 0 Å². The third-order valence-electron chi connectivity index (χ3n) is 5.10. The Morgan fingerprint density at radius 2 is 1.86 bits per heavy atom. The maximum atomic E-state index is 12.9. The zero-order valence-corrected chi connectivity index (χ0v) is 17.9. The number of unbranched alkanes of at least 4 members (excludes halogenated alkanes) is 6. The van der Waals surface area contributed by atoms with E-state index in [0.29, 0.717) is 45.2 Å². The molecule has 1 saturated heterocycles. The number of hydrogen-bond acceptors (Lipinski definition) is 5. The van der Waals surface area contributed by atoms with Gasteiger partial charge in [-0.1, -0.05) is 39.0 Å². The number of carboxylic acid groups (broad SMARTS) is 1. The minimum Gasteiger partial charge on any atom is -0.480 e. The molecule has 0 radical (unpaired) electrons. The Morgan fingerprint density at radius 3 is 2.50 bits per heavy atom. The molecule has 0 aliphatic carbocycles. The van der Waals surface area contributed by atoms with Gasteiger partial charge in [-0.2, -0.15) is 0 Å². The number of aliphatic carboxylic acids is 1. The second-order valence-electron chi connectivity index (χ2n) is 7.54. The molecule has 0 saturated carbocycles. The van der Waals surface area contributed by atoms with E-state index in [4.69, 9.17) is 10.3 Å². The van der Waals surface area contributed by atoms with Gasteiger partial charge in [0.2, 0.25) is 0 Å². The van der Waals surface area contributed by atoms with Gasteiger partial charge < -0.3 is 20.6 Å². The van der Waals surface area contributed by atoms with E-state index in [9.17, 15) is 24.2 Å². The summed E-state index contributed by atoms with van der Waals surface area (Å²) in [5.74, 6) is -1.55. The van der Waals surface area contributed by atoms with Crippen LogP contribution in [0.2, 0.25) is 0 Å². The molecule has 0 bridgehead atoms. The van der Waals surface area contributed by atoms with Crippen LogP contribution in [0.15, 0.2) is 0 Å². The number of carboxylic acids is 1. The molecule has 0 aromatic carbocycles. The molecule has 0 spiro atoms. The summed E-state index contributed by atoms with van der Waals surface area (Å²) in [6.07, 6.45) is 7.28. The Balaban J connectivity index is 2.65. The Labute approximate surface area is 168 Å². The summed E-state index contributed by atoms with van der Waals surface area (Å²) in [6.45, 7) is 2.92. The first-order valence-corrected chi connectivity index (χ1v) is 12.3. The third kappa shape index (κ3) is 9.03. The molecule has 2 unspecified atom stereocenters.